The molecule has 3 heteroatoms. The van der Waals surface area contributed by atoms with E-state index in [9.17, 15) is 4.79 Å². The van der Waals surface area contributed by atoms with Gasteiger partial charge in [0.05, 0.1) is 5.54 Å². The summed E-state index contributed by atoms with van der Waals surface area (Å²) in [5, 5.41) is 3.27. The Balaban J connectivity index is 2.65. The summed E-state index contributed by atoms with van der Waals surface area (Å²) in [5.74, 6) is 0.137. The van der Waals surface area contributed by atoms with E-state index in [1.54, 1.807) is 0 Å². The van der Waals surface area contributed by atoms with Crippen LogP contribution in [-0.2, 0) is 11.3 Å². The third-order valence-corrected chi connectivity index (χ3v) is 2.89. The fourth-order valence-corrected chi connectivity index (χ4v) is 1.97. The van der Waals surface area contributed by atoms with E-state index in [1.807, 2.05) is 37.3 Å². The highest BCUT2D eigenvalue weighted by Gasteiger charge is 2.30. The number of amides is 1. The van der Waals surface area contributed by atoms with Crippen molar-refractivity contribution in [3.63, 3.8) is 0 Å². The molecule has 0 aliphatic carbocycles. The first-order chi connectivity index (χ1) is 7.94. The van der Waals surface area contributed by atoms with Gasteiger partial charge in [0.2, 0.25) is 5.91 Å². The maximum absolute atomic E-state index is 11.5. The average molecular weight is 234 g/mol. The third kappa shape index (κ3) is 4.19. The maximum Gasteiger partial charge on any atom is 0.237 e. The number of hydrogen-bond donors (Lipinski definition) is 2. The second kappa shape index (κ2) is 5.82. The molecule has 0 saturated heterocycles. The molecule has 1 atom stereocenters. The summed E-state index contributed by atoms with van der Waals surface area (Å²) >= 11 is 0. The lowest BCUT2D eigenvalue weighted by Gasteiger charge is -2.29. The van der Waals surface area contributed by atoms with Crippen LogP contribution < -0.4 is 11.1 Å². The fourth-order valence-electron chi connectivity index (χ4n) is 1.97. The van der Waals surface area contributed by atoms with Crippen LogP contribution in [0.2, 0.25) is 0 Å². The monoisotopic (exact) mass is 234 g/mol. The van der Waals surface area contributed by atoms with E-state index in [0.29, 0.717) is 12.5 Å². The van der Waals surface area contributed by atoms with Gasteiger partial charge in [-0.25, -0.2) is 0 Å². The van der Waals surface area contributed by atoms with Crippen LogP contribution in [0.15, 0.2) is 30.3 Å². The molecule has 0 bridgehead atoms. The minimum absolute atomic E-state index is 0.290. The Morgan fingerprint density at radius 2 is 1.94 bits per heavy atom. The van der Waals surface area contributed by atoms with Crippen molar-refractivity contribution in [3.05, 3.63) is 35.9 Å². The summed E-state index contributed by atoms with van der Waals surface area (Å²) in [6.45, 7) is 6.71. The predicted octanol–water partition coefficient (Wildman–Crippen LogP) is 2.07. The molecule has 1 aromatic rings. The molecular formula is C14H22N2O. The lowest BCUT2D eigenvalue weighted by Crippen LogP contribution is -2.53. The Morgan fingerprint density at radius 3 is 2.41 bits per heavy atom. The summed E-state index contributed by atoms with van der Waals surface area (Å²) in [5.41, 5.74) is 6.00. The number of nitrogens with one attached hydrogen (secondary N) is 1. The zero-order valence-corrected chi connectivity index (χ0v) is 10.9. The van der Waals surface area contributed by atoms with Gasteiger partial charge >= 0.3 is 0 Å². The van der Waals surface area contributed by atoms with Crippen molar-refractivity contribution in [2.45, 2.75) is 39.3 Å². The van der Waals surface area contributed by atoms with Gasteiger partial charge in [-0.3, -0.25) is 10.1 Å². The Kier molecular flexibility index (Phi) is 4.70. The highest BCUT2D eigenvalue weighted by atomic mass is 16.1. The number of rotatable bonds is 6. The van der Waals surface area contributed by atoms with Crippen LogP contribution in [0.1, 0.15) is 32.8 Å². The minimum atomic E-state index is -0.635. The molecule has 17 heavy (non-hydrogen) atoms. The fraction of sp³-hybridized carbons (Fsp3) is 0.500. The van der Waals surface area contributed by atoms with Crippen LogP contribution in [0.25, 0.3) is 0 Å². The standard InChI is InChI=1S/C14H22N2O/c1-11(2)9-14(3,13(15)17)16-10-12-7-5-4-6-8-12/h4-8,11,16H,9-10H2,1-3H3,(H2,15,17). The number of nitrogens with two attached hydrogens (primary N) is 1. The van der Waals surface area contributed by atoms with Gasteiger partial charge < -0.3 is 5.73 Å². The first-order valence-electron chi connectivity index (χ1n) is 6.03. The van der Waals surface area contributed by atoms with Gasteiger partial charge in [0, 0.05) is 6.54 Å². The molecule has 0 aliphatic rings. The van der Waals surface area contributed by atoms with Gasteiger partial charge in [-0.1, -0.05) is 44.2 Å². The predicted molar refractivity (Wildman–Crippen MR) is 70.3 cm³/mol. The van der Waals surface area contributed by atoms with Crippen LogP contribution in [0.5, 0.6) is 0 Å². The smallest absolute Gasteiger partial charge is 0.237 e. The molecule has 0 aliphatic heterocycles. The minimum Gasteiger partial charge on any atom is -0.368 e. The molecule has 94 valence electrons. The highest BCUT2D eigenvalue weighted by molar-refractivity contribution is 5.84. The Morgan fingerprint density at radius 1 is 1.35 bits per heavy atom. The molecule has 0 spiro atoms. The number of carbonyl (C=O) groups excluding carboxylic acids is 1. The molecule has 0 radical (unpaired) electrons. The van der Waals surface area contributed by atoms with Gasteiger partial charge in [-0.05, 0) is 24.8 Å². The molecule has 3 N–H and O–H groups in total. The van der Waals surface area contributed by atoms with Crippen molar-refractivity contribution in [1.29, 1.82) is 0 Å². The third-order valence-electron chi connectivity index (χ3n) is 2.89. The van der Waals surface area contributed by atoms with E-state index in [2.05, 4.69) is 19.2 Å². The molecule has 1 rings (SSSR count). The summed E-state index contributed by atoms with van der Waals surface area (Å²) < 4.78 is 0. The lowest BCUT2D eigenvalue weighted by molar-refractivity contribution is -0.124. The summed E-state index contributed by atoms with van der Waals surface area (Å²) in [6, 6.07) is 10.0. The quantitative estimate of drug-likeness (QED) is 0.791. The van der Waals surface area contributed by atoms with Gasteiger partial charge in [-0.15, -0.1) is 0 Å². The average Bonchev–Trinajstić information content (AvgIpc) is 2.27. The largest absolute Gasteiger partial charge is 0.368 e. The van der Waals surface area contributed by atoms with Crippen molar-refractivity contribution in [2.75, 3.05) is 0 Å². The SMILES string of the molecule is CC(C)CC(C)(NCc1ccccc1)C(N)=O. The van der Waals surface area contributed by atoms with Crippen LogP contribution in [0, 0.1) is 5.92 Å². The summed E-state index contributed by atoms with van der Waals surface area (Å²) in [6.07, 6.45) is 0.745. The normalized spacial score (nSPS) is 14.6. The molecular weight excluding hydrogens is 212 g/mol. The van der Waals surface area contributed by atoms with Gasteiger partial charge in [-0.2, -0.15) is 0 Å². The van der Waals surface area contributed by atoms with Crippen molar-refractivity contribution in [3.8, 4) is 0 Å². The van der Waals surface area contributed by atoms with Crippen molar-refractivity contribution in [1.82, 2.24) is 5.32 Å². The van der Waals surface area contributed by atoms with Crippen LogP contribution in [0.4, 0.5) is 0 Å². The van der Waals surface area contributed by atoms with Crippen molar-refractivity contribution >= 4 is 5.91 Å². The molecule has 3 nitrogen and oxygen atoms in total. The van der Waals surface area contributed by atoms with Gasteiger partial charge in [0.25, 0.3) is 0 Å². The number of hydrogen-bond acceptors (Lipinski definition) is 2. The Labute approximate surface area is 103 Å². The molecule has 0 aromatic heterocycles. The number of primary amides is 1. The second-order valence-corrected chi connectivity index (χ2v) is 5.13. The maximum atomic E-state index is 11.5. The zero-order chi connectivity index (χ0) is 12.9. The molecule has 1 amide bonds. The summed E-state index contributed by atoms with van der Waals surface area (Å²) in [7, 11) is 0. The van der Waals surface area contributed by atoms with Crippen molar-refractivity contribution in [2.24, 2.45) is 11.7 Å². The van der Waals surface area contributed by atoms with E-state index in [-0.39, 0.29) is 5.91 Å². The van der Waals surface area contributed by atoms with Crippen LogP contribution in [-0.4, -0.2) is 11.4 Å². The molecule has 0 fully saturated rings. The molecule has 1 aromatic carbocycles. The topological polar surface area (TPSA) is 55.1 Å². The summed E-state index contributed by atoms with van der Waals surface area (Å²) in [4.78, 5) is 11.5. The van der Waals surface area contributed by atoms with Crippen LogP contribution in [0.3, 0.4) is 0 Å². The van der Waals surface area contributed by atoms with E-state index >= 15 is 0 Å². The van der Waals surface area contributed by atoms with E-state index in [0.717, 1.165) is 12.0 Å². The van der Waals surface area contributed by atoms with Crippen LogP contribution >= 0.6 is 0 Å². The second-order valence-electron chi connectivity index (χ2n) is 5.13. The molecule has 0 saturated carbocycles. The number of carbonyl (C=O) groups is 1. The van der Waals surface area contributed by atoms with E-state index in [1.165, 1.54) is 0 Å². The molecule has 1 unspecified atom stereocenters. The Hall–Kier alpha value is -1.35. The lowest BCUT2D eigenvalue weighted by atomic mass is 9.90. The highest BCUT2D eigenvalue weighted by Crippen LogP contribution is 2.17. The zero-order valence-electron chi connectivity index (χ0n) is 10.9. The van der Waals surface area contributed by atoms with E-state index in [4.69, 9.17) is 5.73 Å². The Bertz CT molecular complexity index is 362. The molecule has 0 heterocycles. The van der Waals surface area contributed by atoms with Gasteiger partial charge in [0.1, 0.15) is 0 Å². The first-order valence-corrected chi connectivity index (χ1v) is 6.03. The van der Waals surface area contributed by atoms with E-state index < -0.39 is 5.54 Å². The van der Waals surface area contributed by atoms with Crippen molar-refractivity contribution < 1.29 is 4.79 Å². The number of benzene rings is 1. The first kappa shape index (κ1) is 13.7. The van der Waals surface area contributed by atoms with Gasteiger partial charge in [0.15, 0.2) is 0 Å².